The first-order valence-corrected chi connectivity index (χ1v) is 7.04. The van der Waals surface area contributed by atoms with Crippen LogP contribution in [0.2, 0.25) is 10.0 Å². The molecule has 0 unspecified atom stereocenters. The molecule has 0 bridgehead atoms. The molecule has 0 aliphatic carbocycles. The van der Waals surface area contributed by atoms with Gasteiger partial charge in [0.25, 0.3) is 0 Å². The second-order valence-electron chi connectivity index (χ2n) is 3.55. The van der Waals surface area contributed by atoms with E-state index in [1.54, 1.807) is 12.4 Å². The second-order valence-corrected chi connectivity index (χ2v) is 5.13. The number of hydrogen-bond acceptors (Lipinski definition) is 3. The average molecular weight is 342 g/mol. The van der Waals surface area contributed by atoms with E-state index in [0.29, 0.717) is 0 Å². The Morgan fingerprint density at radius 2 is 2.05 bits per heavy atom. The first kappa shape index (κ1) is 17.0. The van der Waals surface area contributed by atoms with Crippen LogP contribution in [-0.2, 0) is 6.18 Å². The predicted molar refractivity (Wildman–Crippen MR) is 75.6 cm³/mol. The summed E-state index contributed by atoms with van der Waals surface area (Å²) in [7, 11) is 0. The Labute approximate surface area is 127 Å². The molecule has 0 atom stereocenters. The first-order valence-electron chi connectivity index (χ1n) is 5.06. The average Bonchev–Trinajstić information content (AvgIpc) is 2.36. The Bertz CT molecular complexity index is 594. The molecule has 0 radical (unpaired) electrons. The molecule has 1 aromatic rings. The van der Waals surface area contributed by atoms with Crippen LogP contribution >= 0.6 is 35.0 Å². The Morgan fingerprint density at radius 3 is 2.50 bits per heavy atom. The van der Waals surface area contributed by atoms with Crippen molar-refractivity contribution in [3.05, 3.63) is 27.2 Å². The smallest absolute Gasteiger partial charge is 0.271 e. The molecule has 1 aromatic carbocycles. The summed E-state index contributed by atoms with van der Waals surface area (Å²) >= 11 is 12.7. The molecule has 0 heterocycles. The largest absolute Gasteiger partial charge is 0.416 e. The highest BCUT2D eigenvalue weighted by Gasteiger charge is 2.34. The highest BCUT2D eigenvalue weighted by atomic mass is 35.5. The van der Waals surface area contributed by atoms with Gasteiger partial charge in [0.05, 0.1) is 21.3 Å². The lowest BCUT2D eigenvalue weighted by atomic mass is 10.1. The third-order valence-corrected chi connectivity index (χ3v) is 3.68. The van der Waals surface area contributed by atoms with Gasteiger partial charge in [0, 0.05) is 0 Å². The van der Waals surface area contributed by atoms with Crippen molar-refractivity contribution in [3.63, 3.8) is 0 Å². The van der Waals surface area contributed by atoms with Crippen molar-refractivity contribution >= 4 is 45.8 Å². The zero-order valence-electron chi connectivity index (χ0n) is 10.3. The maximum Gasteiger partial charge on any atom is 0.416 e. The van der Waals surface area contributed by atoms with E-state index >= 15 is 0 Å². The van der Waals surface area contributed by atoms with E-state index in [-0.39, 0.29) is 26.5 Å². The Balaban J connectivity index is 3.55. The van der Waals surface area contributed by atoms with Crippen LogP contribution in [0.1, 0.15) is 11.1 Å². The van der Waals surface area contributed by atoms with E-state index in [2.05, 4.69) is 10.3 Å². The molecule has 0 aliphatic heterocycles. The number of halogens is 5. The van der Waals surface area contributed by atoms with Crippen LogP contribution in [0.3, 0.4) is 0 Å². The van der Waals surface area contributed by atoms with Gasteiger partial charge in [-0.25, -0.2) is 4.99 Å². The summed E-state index contributed by atoms with van der Waals surface area (Å²) in [5, 5.41) is 10.6. The quantitative estimate of drug-likeness (QED) is 0.347. The molecule has 108 valence electrons. The number of hydrogen-bond donors (Lipinski definition) is 1. The maximum absolute atomic E-state index is 12.9. The summed E-state index contributed by atoms with van der Waals surface area (Å²) < 4.78 is 38.7. The molecular weight excluding hydrogens is 334 g/mol. The highest BCUT2D eigenvalue weighted by molar-refractivity contribution is 8.13. The maximum atomic E-state index is 12.9. The summed E-state index contributed by atoms with van der Waals surface area (Å²) in [6.07, 6.45) is -1.31. The molecule has 0 spiro atoms. The van der Waals surface area contributed by atoms with Gasteiger partial charge < -0.3 is 0 Å². The lowest BCUT2D eigenvalue weighted by molar-refractivity contribution is -0.138. The fourth-order valence-corrected chi connectivity index (χ4v) is 2.17. The lowest BCUT2D eigenvalue weighted by Crippen LogP contribution is -2.13. The molecule has 0 saturated carbocycles. The van der Waals surface area contributed by atoms with Gasteiger partial charge >= 0.3 is 6.18 Å². The van der Waals surface area contributed by atoms with Crippen LogP contribution in [-0.4, -0.2) is 11.4 Å². The predicted octanol–water partition coefficient (Wildman–Crippen LogP) is 4.74. The first-order chi connectivity index (χ1) is 9.22. The van der Waals surface area contributed by atoms with Crippen LogP contribution in [0.4, 0.5) is 18.9 Å². The molecule has 9 heteroatoms. The standard InChI is InChI=1S/C11H8Cl2F3N3S/c1-5-6(11(14,15)16)3-7(12)8(13)9(5)19-10(20-2)18-4-17/h3H,1-2H3,(H,18,19). The molecule has 0 fully saturated rings. The van der Waals surface area contributed by atoms with Crippen molar-refractivity contribution in [2.24, 2.45) is 4.99 Å². The van der Waals surface area contributed by atoms with Gasteiger partial charge in [-0.05, 0) is 24.8 Å². The van der Waals surface area contributed by atoms with Crippen LogP contribution < -0.4 is 5.32 Å². The van der Waals surface area contributed by atoms with Crippen LogP contribution in [0.15, 0.2) is 11.1 Å². The van der Waals surface area contributed by atoms with E-state index in [9.17, 15) is 13.2 Å². The number of benzene rings is 1. The van der Waals surface area contributed by atoms with Gasteiger partial charge in [-0.15, -0.1) is 0 Å². The normalized spacial score (nSPS) is 12.2. The third kappa shape index (κ3) is 3.72. The highest BCUT2D eigenvalue weighted by Crippen LogP contribution is 2.43. The van der Waals surface area contributed by atoms with E-state index in [0.717, 1.165) is 17.8 Å². The van der Waals surface area contributed by atoms with Gasteiger partial charge in [0.2, 0.25) is 0 Å². The van der Waals surface area contributed by atoms with Gasteiger partial charge in [-0.2, -0.15) is 18.4 Å². The van der Waals surface area contributed by atoms with E-state index in [1.807, 2.05) is 0 Å². The molecule has 0 saturated heterocycles. The van der Waals surface area contributed by atoms with Crippen molar-refractivity contribution in [2.45, 2.75) is 13.1 Å². The number of aliphatic imine (C=N–C) groups is 1. The SMILES string of the molecule is CSC(=Nc1c(C)c(C(F)(F)F)cc(Cl)c1Cl)NC#N. The minimum absolute atomic E-state index is 0.0940. The van der Waals surface area contributed by atoms with Crippen molar-refractivity contribution in [1.29, 1.82) is 5.26 Å². The van der Waals surface area contributed by atoms with Crippen molar-refractivity contribution in [2.75, 3.05) is 6.26 Å². The number of nitrogens with zero attached hydrogens (tertiary/aromatic N) is 2. The topological polar surface area (TPSA) is 48.2 Å². The molecule has 0 amide bonds. The zero-order valence-corrected chi connectivity index (χ0v) is 12.6. The summed E-state index contributed by atoms with van der Waals surface area (Å²) in [6, 6.07) is 0.759. The van der Waals surface area contributed by atoms with E-state index in [4.69, 9.17) is 28.5 Å². The zero-order chi connectivity index (χ0) is 15.5. The number of alkyl halides is 3. The monoisotopic (exact) mass is 341 g/mol. The number of thioether (sulfide) groups is 1. The van der Waals surface area contributed by atoms with Crippen LogP contribution in [0.5, 0.6) is 0 Å². The van der Waals surface area contributed by atoms with Gasteiger partial charge in [0.1, 0.15) is 0 Å². The molecule has 3 nitrogen and oxygen atoms in total. The molecular formula is C11H8Cl2F3N3S. The van der Waals surface area contributed by atoms with Gasteiger partial charge in [0.15, 0.2) is 11.4 Å². The summed E-state index contributed by atoms with van der Waals surface area (Å²) in [4.78, 5) is 3.93. The fourth-order valence-electron chi connectivity index (χ4n) is 1.40. The van der Waals surface area contributed by atoms with Crippen molar-refractivity contribution in [3.8, 4) is 6.19 Å². The Kier molecular flexibility index (Phi) is 5.57. The molecule has 1 rings (SSSR count). The summed E-state index contributed by atoms with van der Waals surface area (Å²) in [5.74, 6) is 0. The van der Waals surface area contributed by atoms with Crippen LogP contribution in [0.25, 0.3) is 0 Å². The number of nitrogens with one attached hydrogen (secondary N) is 1. The molecule has 0 aliphatic rings. The van der Waals surface area contributed by atoms with Crippen molar-refractivity contribution < 1.29 is 13.2 Å². The van der Waals surface area contributed by atoms with E-state index in [1.165, 1.54) is 6.92 Å². The lowest BCUT2D eigenvalue weighted by Gasteiger charge is -2.15. The summed E-state index contributed by atoms with van der Waals surface area (Å²) in [5.41, 5.74) is -1.18. The molecule has 0 aromatic heterocycles. The van der Waals surface area contributed by atoms with Gasteiger partial charge in [-0.1, -0.05) is 35.0 Å². The Morgan fingerprint density at radius 1 is 1.45 bits per heavy atom. The number of amidine groups is 1. The minimum Gasteiger partial charge on any atom is -0.271 e. The third-order valence-electron chi connectivity index (χ3n) is 2.32. The van der Waals surface area contributed by atoms with E-state index < -0.39 is 11.7 Å². The van der Waals surface area contributed by atoms with Gasteiger partial charge in [-0.3, -0.25) is 5.32 Å². The second kappa shape index (κ2) is 6.57. The number of nitriles is 1. The number of rotatable bonds is 1. The fraction of sp³-hybridized carbons (Fsp3) is 0.273. The minimum atomic E-state index is -4.56. The molecule has 20 heavy (non-hydrogen) atoms. The van der Waals surface area contributed by atoms with Crippen LogP contribution in [0, 0.1) is 18.4 Å². The summed E-state index contributed by atoms with van der Waals surface area (Å²) in [6.45, 7) is 1.24. The molecule has 1 N–H and O–H groups in total. The van der Waals surface area contributed by atoms with Crippen molar-refractivity contribution in [1.82, 2.24) is 5.32 Å². The Hall–Kier alpha value is -1.10.